The monoisotopic (exact) mass is 381 g/mol. The molecule has 0 aliphatic carbocycles. The van der Waals surface area contributed by atoms with Crippen LogP contribution >= 0.6 is 0 Å². The summed E-state index contributed by atoms with van der Waals surface area (Å²) in [4.78, 5) is 13.2. The molecule has 2 rings (SSSR count). The molecule has 2 atom stereocenters. The maximum atomic E-state index is 11.0. The fourth-order valence-corrected chi connectivity index (χ4v) is 3.13. The van der Waals surface area contributed by atoms with E-state index in [1.165, 1.54) is 0 Å². The lowest BCUT2D eigenvalue weighted by Gasteiger charge is -2.34. The summed E-state index contributed by atoms with van der Waals surface area (Å²) < 4.78 is 12.3. The number of benzene rings is 2. The Morgan fingerprint density at radius 2 is 1.61 bits per heavy atom. The van der Waals surface area contributed by atoms with Crippen LogP contribution < -0.4 is 0 Å². The summed E-state index contributed by atoms with van der Waals surface area (Å²) in [5.41, 5.74) is 2.26. The smallest absolute Gasteiger partial charge is 0.120 e. The van der Waals surface area contributed by atoms with Gasteiger partial charge in [0.2, 0.25) is 0 Å². The SMILES string of the molecule is C=CCN(C)C(COCc1ccccc1)C(CCC=O)OCc1ccccc1. The zero-order chi connectivity index (χ0) is 20.0. The van der Waals surface area contributed by atoms with E-state index in [1.807, 2.05) is 61.7 Å². The Hall–Kier alpha value is -2.27. The number of carbonyl (C=O) groups excluding carboxylic acids is 1. The quantitative estimate of drug-likeness (QED) is 0.362. The fourth-order valence-electron chi connectivity index (χ4n) is 3.13. The first-order valence-electron chi connectivity index (χ1n) is 9.76. The molecule has 0 fully saturated rings. The molecule has 150 valence electrons. The van der Waals surface area contributed by atoms with Crippen LogP contribution in [0.15, 0.2) is 73.3 Å². The number of hydrogen-bond acceptors (Lipinski definition) is 4. The molecular weight excluding hydrogens is 350 g/mol. The Kier molecular flexibility index (Phi) is 10.2. The normalized spacial score (nSPS) is 13.2. The largest absolute Gasteiger partial charge is 0.375 e. The van der Waals surface area contributed by atoms with Crippen LogP contribution in [0.4, 0.5) is 0 Å². The van der Waals surface area contributed by atoms with E-state index in [0.717, 1.165) is 24.0 Å². The van der Waals surface area contributed by atoms with Crippen molar-refractivity contribution in [1.29, 1.82) is 0 Å². The molecule has 2 unspecified atom stereocenters. The molecule has 0 spiro atoms. The number of aldehydes is 1. The average molecular weight is 382 g/mol. The van der Waals surface area contributed by atoms with E-state index in [4.69, 9.17) is 9.47 Å². The van der Waals surface area contributed by atoms with Gasteiger partial charge < -0.3 is 14.3 Å². The minimum absolute atomic E-state index is 0.0328. The zero-order valence-electron chi connectivity index (χ0n) is 16.7. The molecule has 0 bridgehead atoms. The highest BCUT2D eigenvalue weighted by Crippen LogP contribution is 2.16. The molecule has 0 amide bonds. The molecule has 0 saturated carbocycles. The van der Waals surface area contributed by atoms with Crippen LogP contribution in [0.25, 0.3) is 0 Å². The van der Waals surface area contributed by atoms with Crippen LogP contribution in [0.3, 0.4) is 0 Å². The van der Waals surface area contributed by atoms with Crippen LogP contribution in [0.1, 0.15) is 24.0 Å². The van der Waals surface area contributed by atoms with Gasteiger partial charge in [-0.15, -0.1) is 6.58 Å². The highest BCUT2D eigenvalue weighted by Gasteiger charge is 2.26. The fraction of sp³-hybridized carbons (Fsp3) is 0.375. The van der Waals surface area contributed by atoms with Crippen LogP contribution in [-0.4, -0.2) is 43.5 Å². The molecule has 0 heterocycles. The molecule has 0 aliphatic rings. The topological polar surface area (TPSA) is 38.8 Å². The lowest BCUT2D eigenvalue weighted by molar-refractivity contribution is -0.109. The van der Waals surface area contributed by atoms with Gasteiger partial charge in [0, 0.05) is 13.0 Å². The van der Waals surface area contributed by atoms with Gasteiger partial charge >= 0.3 is 0 Å². The highest BCUT2D eigenvalue weighted by molar-refractivity contribution is 5.49. The third kappa shape index (κ3) is 7.77. The maximum Gasteiger partial charge on any atom is 0.120 e. The van der Waals surface area contributed by atoms with Crippen molar-refractivity contribution >= 4 is 6.29 Å². The standard InChI is InChI=1S/C24H31NO3/c1-3-16-25(2)23(20-27-18-21-11-6-4-7-12-21)24(15-10-17-26)28-19-22-13-8-5-9-14-22/h3-9,11-14,17,23-24H,1,10,15-16,18-20H2,2H3. The minimum atomic E-state index is -0.105. The van der Waals surface area contributed by atoms with E-state index in [9.17, 15) is 4.79 Å². The van der Waals surface area contributed by atoms with Gasteiger partial charge in [-0.1, -0.05) is 66.7 Å². The molecule has 2 aromatic carbocycles. The van der Waals surface area contributed by atoms with Crippen LogP contribution in [-0.2, 0) is 27.5 Å². The van der Waals surface area contributed by atoms with E-state index in [2.05, 4.69) is 23.6 Å². The summed E-state index contributed by atoms with van der Waals surface area (Å²) in [6, 6.07) is 20.2. The van der Waals surface area contributed by atoms with Crippen molar-refractivity contribution < 1.29 is 14.3 Å². The summed E-state index contributed by atoms with van der Waals surface area (Å²) in [6.07, 6.45) is 3.85. The van der Waals surface area contributed by atoms with Gasteiger partial charge in [0.15, 0.2) is 0 Å². The predicted octanol–water partition coefficient (Wildman–Crippen LogP) is 4.25. The Morgan fingerprint density at radius 3 is 2.18 bits per heavy atom. The molecule has 0 aromatic heterocycles. The van der Waals surface area contributed by atoms with Crippen molar-refractivity contribution in [2.75, 3.05) is 20.2 Å². The number of nitrogens with zero attached hydrogens (tertiary/aromatic N) is 1. The number of carbonyl (C=O) groups is 1. The van der Waals surface area contributed by atoms with Gasteiger partial charge in [-0.25, -0.2) is 0 Å². The van der Waals surface area contributed by atoms with Gasteiger partial charge in [0.25, 0.3) is 0 Å². The first kappa shape index (κ1) is 22.0. The third-order valence-electron chi connectivity index (χ3n) is 4.69. The van der Waals surface area contributed by atoms with Crippen LogP contribution in [0, 0.1) is 0 Å². The number of likely N-dealkylation sites (N-methyl/N-ethyl adjacent to an activating group) is 1. The Labute approximate surface area is 168 Å². The van der Waals surface area contributed by atoms with Gasteiger partial charge in [-0.2, -0.15) is 0 Å². The average Bonchev–Trinajstić information content (AvgIpc) is 2.73. The molecule has 0 aliphatic heterocycles. The van der Waals surface area contributed by atoms with E-state index < -0.39 is 0 Å². The molecule has 0 saturated heterocycles. The summed E-state index contributed by atoms with van der Waals surface area (Å²) in [5, 5.41) is 0. The number of ether oxygens (including phenoxy) is 2. The van der Waals surface area contributed by atoms with Crippen LogP contribution in [0.5, 0.6) is 0 Å². The molecule has 0 N–H and O–H groups in total. The molecule has 2 aromatic rings. The van der Waals surface area contributed by atoms with E-state index in [-0.39, 0.29) is 12.1 Å². The van der Waals surface area contributed by atoms with Gasteiger partial charge in [0.05, 0.1) is 32.0 Å². The van der Waals surface area contributed by atoms with E-state index in [0.29, 0.717) is 32.7 Å². The predicted molar refractivity (Wildman–Crippen MR) is 113 cm³/mol. The molecular formula is C24H31NO3. The second-order valence-corrected chi connectivity index (χ2v) is 6.88. The number of hydrogen-bond donors (Lipinski definition) is 0. The Balaban J connectivity index is 2.02. The van der Waals surface area contributed by atoms with Crippen molar-refractivity contribution in [3.63, 3.8) is 0 Å². The summed E-state index contributed by atoms with van der Waals surface area (Å²) in [5.74, 6) is 0. The first-order valence-corrected chi connectivity index (χ1v) is 9.76. The molecule has 4 nitrogen and oxygen atoms in total. The third-order valence-corrected chi connectivity index (χ3v) is 4.69. The minimum Gasteiger partial charge on any atom is -0.375 e. The molecule has 4 heteroatoms. The lowest BCUT2D eigenvalue weighted by atomic mass is 10.0. The Morgan fingerprint density at radius 1 is 1.00 bits per heavy atom. The van der Waals surface area contributed by atoms with Crippen molar-refractivity contribution in [3.8, 4) is 0 Å². The second-order valence-electron chi connectivity index (χ2n) is 6.88. The van der Waals surface area contributed by atoms with E-state index in [1.54, 1.807) is 0 Å². The Bertz CT molecular complexity index is 675. The van der Waals surface area contributed by atoms with Gasteiger partial charge in [-0.05, 0) is 24.6 Å². The van der Waals surface area contributed by atoms with Crippen molar-refractivity contribution in [3.05, 3.63) is 84.4 Å². The van der Waals surface area contributed by atoms with Crippen molar-refractivity contribution in [1.82, 2.24) is 4.90 Å². The molecule has 0 radical (unpaired) electrons. The van der Waals surface area contributed by atoms with Crippen molar-refractivity contribution in [2.24, 2.45) is 0 Å². The summed E-state index contributed by atoms with van der Waals surface area (Å²) >= 11 is 0. The van der Waals surface area contributed by atoms with Crippen molar-refractivity contribution in [2.45, 2.75) is 38.2 Å². The number of rotatable bonds is 14. The van der Waals surface area contributed by atoms with Gasteiger partial charge in [-0.3, -0.25) is 4.90 Å². The van der Waals surface area contributed by atoms with Crippen LogP contribution in [0.2, 0.25) is 0 Å². The van der Waals surface area contributed by atoms with Gasteiger partial charge in [0.1, 0.15) is 6.29 Å². The summed E-state index contributed by atoms with van der Waals surface area (Å²) in [6.45, 7) is 6.17. The highest BCUT2D eigenvalue weighted by atomic mass is 16.5. The zero-order valence-corrected chi connectivity index (χ0v) is 16.7. The molecule has 28 heavy (non-hydrogen) atoms. The lowest BCUT2D eigenvalue weighted by Crippen LogP contribution is -2.46. The second kappa shape index (κ2) is 13.0. The maximum absolute atomic E-state index is 11.0. The van der Waals surface area contributed by atoms with E-state index >= 15 is 0 Å². The summed E-state index contributed by atoms with van der Waals surface area (Å²) in [7, 11) is 2.04. The first-order chi connectivity index (χ1) is 13.7.